The summed E-state index contributed by atoms with van der Waals surface area (Å²) in [6.07, 6.45) is 8.17. The summed E-state index contributed by atoms with van der Waals surface area (Å²) in [5.41, 5.74) is 0. The van der Waals surface area contributed by atoms with Gasteiger partial charge < -0.3 is 0 Å². The standard InChI is InChI=1S/C11H19BrO/c1-2-6-10(12)11(13)9-7-4-3-5-8-9/h9-10H,2-8H2,1H3. The van der Waals surface area contributed by atoms with E-state index in [1.165, 1.54) is 19.3 Å². The van der Waals surface area contributed by atoms with E-state index in [0.29, 0.717) is 11.7 Å². The maximum absolute atomic E-state index is 11.8. The highest BCUT2D eigenvalue weighted by molar-refractivity contribution is 9.10. The second-order valence-corrected chi connectivity index (χ2v) is 5.10. The van der Waals surface area contributed by atoms with Gasteiger partial charge in [-0.15, -0.1) is 0 Å². The number of ketones is 1. The molecule has 1 nitrogen and oxygen atoms in total. The lowest BCUT2D eigenvalue weighted by Gasteiger charge is -2.22. The smallest absolute Gasteiger partial charge is 0.149 e. The third-order valence-electron chi connectivity index (χ3n) is 2.86. The molecule has 0 aromatic rings. The quantitative estimate of drug-likeness (QED) is 0.692. The highest BCUT2D eigenvalue weighted by Gasteiger charge is 2.25. The number of Topliss-reactive ketones (excluding diaryl/α,β-unsaturated/α-hetero) is 1. The second kappa shape index (κ2) is 5.79. The molecule has 0 spiro atoms. The van der Waals surface area contributed by atoms with Gasteiger partial charge in [0.1, 0.15) is 5.78 Å². The van der Waals surface area contributed by atoms with Crippen LogP contribution < -0.4 is 0 Å². The Morgan fingerprint density at radius 1 is 1.38 bits per heavy atom. The summed E-state index contributed by atoms with van der Waals surface area (Å²) in [6.45, 7) is 2.13. The van der Waals surface area contributed by atoms with E-state index < -0.39 is 0 Å². The molecule has 0 saturated heterocycles. The molecule has 1 aliphatic carbocycles. The molecule has 0 amide bonds. The maximum atomic E-state index is 11.8. The molecule has 13 heavy (non-hydrogen) atoms. The van der Waals surface area contributed by atoms with Gasteiger partial charge in [-0.3, -0.25) is 4.79 Å². The van der Waals surface area contributed by atoms with Crippen molar-refractivity contribution < 1.29 is 4.79 Å². The van der Waals surface area contributed by atoms with Gasteiger partial charge in [0.05, 0.1) is 4.83 Å². The van der Waals surface area contributed by atoms with Gasteiger partial charge in [0, 0.05) is 5.92 Å². The van der Waals surface area contributed by atoms with Gasteiger partial charge in [0.25, 0.3) is 0 Å². The van der Waals surface area contributed by atoms with Crippen LogP contribution in [-0.2, 0) is 4.79 Å². The summed E-state index contributed by atoms with van der Waals surface area (Å²) < 4.78 is 0. The van der Waals surface area contributed by atoms with Crippen LogP contribution in [0.5, 0.6) is 0 Å². The SMILES string of the molecule is CCCC(Br)C(=O)C1CCCCC1. The lowest BCUT2D eigenvalue weighted by molar-refractivity contribution is -0.123. The number of carbonyl (C=O) groups is 1. The van der Waals surface area contributed by atoms with Crippen LogP contribution >= 0.6 is 15.9 Å². The van der Waals surface area contributed by atoms with Crippen molar-refractivity contribution in [2.75, 3.05) is 0 Å². The van der Waals surface area contributed by atoms with Crippen LogP contribution in [0.3, 0.4) is 0 Å². The Labute approximate surface area is 89.4 Å². The Kier molecular flexibility index (Phi) is 5.00. The topological polar surface area (TPSA) is 17.1 Å². The molecule has 2 heteroatoms. The van der Waals surface area contributed by atoms with Crippen LogP contribution in [0.4, 0.5) is 0 Å². The molecule has 0 aromatic heterocycles. The molecule has 0 N–H and O–H groups in total. The Balaban J connectivity index is 2.36. The molecule has 1 saturated carbocycles. The highest BCUT2D eigenvalue weighted by Crippen LogP contribution is 2.27. The monoisotopic (exact) mass is 246 g/mol. The predicted molar refractivity (Wildman–Crippen MR) is 59.2 cm³/mol. The van der Waals surface area contributed by atoms with Crippen LogP contribution in [0.1, 0.15) is 51.9 Å². The lowest BCUT2D eigenvalue weighted by Crippen LogP contribution is -2.25. The van der Waals surface area contributed by atoms with Gasteiger partial charge in [-0.25, -0.2) is 0 Å². The molecule has 1 rings (SSSR count). The molecule has 76 valence electrons. The fourth-order valence-electron chi connectivity index (χ4n) is 2.04. The van der Waals surface area contributed by atoms with E-state index in [9.17, 15) is 4.79 Å². The summed E-state index contributed by atoms with van der Waals surface area (Å²) in [5.74, 6) is 0.825. The van der Waals surface area contributed by atoms with Gasteiger partial charge in [0.2, 0.25) is 0 Å². The van der Waals surface area contributed by atoms with Crippen molar-refractivity contribution in [3.05, 3.63) is 0 Å². The van der Waals surface area contributed by atoms with Crippen LogP contribution in [0.25, 0.3) is 0 Å². The third kappa shape index (κ3) is 3.41. The molecule has 1 unspecified atom stereocenters. The number of rotatable bonds is 4. The second-order valence-electron chi connectivity index (χ2n) is 3.99. The third-order valence-corrected chi connectivity index (χ3v) is 3.77. The average Bonchev–Trinajstić information content (AvgIpc) is 2.18. The van der Waals surface area contributed by atoms with E-state index in [1.807, 2.05) is 0 Å². The average molecular weight is 247 g/mol. The van der Waals surface area contributed by atoms with E-state index in [0.717, 1.165) is 25.7 Å². The summed E-state index contributed by atoms with van der Waals surface area (Å²) >= 11 is 3.49. The first kappa shape index (κ1) is 11.2. The minimum atomic E-state index is 0.126. The van der Waals surface area contributed by atoms with Crippen LogP contribution in [0.2, 0.25) is 0 Å². The van der Waals surface area contributed by atoms with Crippen LogP contribution in [0, 0.1) is 5.92 Å². The number of hydrogen-bond donors (Lipinski definition) is 0. The van der Waals surface area contributed by atoms with Crippen molar-refractivity contribution in [3.8, 4) is 0 Å². The lowest BCUT2D eigenvalue weighted by atomic mass is 9.85. The van der Waals surface area contributed by atoms with Gasteiger partial charge in [-0.2, -0.15) is 0 Å². The summed E-state index contributed by atoms with van der Waals surface area (Å²) in [6, 6.07) is 0. The van der Waals surface area contributed by atoms with Gasteiger partial charge in [0.15, 0.2) is 0 Å². The van der Waals surface area contributed by atoms with E-state index in [4.69, 9.17) is 0 Å². The number of alkyl halides is 1. The molecular weight excluding hydrogens is 228 g/mol. The zero-order valence-electron chi connectivity index (χ0n) is 8.39. The van der Waals surface area contributed by atoms with E-state index in [-0.39, 0.29) is 4.83 Å². The first-order chi connectivity index (χ1) is 6.25. The summed E-state index contributed by atoms with van der Waals surface area (Å²) in [7, 11) is 0. The number of halogens is 1. The predicted octanol–water partition coefficient (Wildman–Crippen LogP) is 3.70. The normalized spacial score (nSPS) is 21.4. The van der Waals surface area contributed by atoms with E-state index >= 15 is 0 Å². The maximum Gasteiger partial charge on any atom is 0.149 e. The van der Waals surface area contributed by atoms with Crippen molar-refractivity contribution in [3.63, 3.8) is 0 Å². The summed E-state index contributed by atoms with van der Waals surface area (Å²) in [5, 5.41) is 0. The van der Waals surface area contributed by atoms with Crippen molar-refractivity contribution in [1.82, 2.24) is 0 Å². The Bertz CT molecular complexity index is 161. The van der Waals surface area contributed by atoms with Crippen molar-refractivity contribution in [2.45, 2.75) is 56.7 Å². The van der Waals surface area contributed by atoms with Gasteiger partial charge in [-0.1, -0.05) is 48.5 Å². The summed E-state index contributed by atoms with van der Waals surface area (Å²) in [4.78, 5) is 12.0. The molecule has 0 aliphatic heterocycles. The molecular formula is C11H19BrO. The molecule has 1 aliphatic rings. The Morgan fingerprint density at radius 3 is 2.54 bits per heavy atom. The largest absolute Gasteiger partial charge is 0.298 e. The van der Waals surface area contributed by atoms with Crippen LogP contribution in [0.15, 0.2) is 0 Å². The number of hydrogen-bond acceptors (Lipinski definition) is 1. The van der Waals surface area contributed by atoms with Gasteiger partial charge in [-0.05, 0) is 19.3 Å². The van der Waals surface area contributed by atoms with E-state index in [2.05, 4.69) is 22.9 Å². The fraction of sp³-hybridized carbons (Fsp3) is 0.909. The minimum absolute atomic E-state index is 0.126. The fourth-order valence-corrected chi connectivity index (χ4v) is 2.87. The Morgan fingerprint density at radius 2 is 2.00 bits per heavy atom. The van der Waals surface area contributed by atoms with Gasteiger partial charge >= 0.3 is 0 Å². The zero-order chi connectivity index (χ0) is 9.68. The highest BCUT2D eigenvalue weighted by atomic mass is 79.9. The molecule has 0 bridgehead atoms. The molecule has 1 fully saturated rings. The van der Waals surface area contributed by atoms with Crippen molar-refractivity contribution >= 4 is 21.7 Å². The number of carbonyl (C=O) groups excluding carboxylic acids is 1. The minimum Gasteiger partial charge on any atom is -0.298 e. The molecule has 0 aromatic carbocycles. The van der Waals surface area contributed by atoms with Crippen LogP contribution in [-0.4, -0.2) is 10.6 Å². The van der Waals surface area contributed by atoms with Crippen molar-refractivity contribution in [1.29, 1.82) is 0 Å². The first-order valence-electron chi connectivity index (χ1n) is 5.43. The molecule has 1 atom stereocenters. The zero-order valence-corrected chi connectivity index (χ0v) is 9.98. The first-order valence-corrected chi connectivity index (χ1v) is 6.35. The Hall–Kier alpha value is 0.150. The molecule has 0 heterocycles. The van der Waals surface area contributed by atoms with Crippen molar-refractivity contribution in [2.24, 2.45) is 5.92 Å². The van der Waals surface area contributed by atoms with E-state index in [1.54, 1.807) is 0 Å². The molecule has 0 radical (unpaired) electrons.